The minimum absolute atomic E-state index is 0.530. The Balaban J connectivity index is 1.47. The maximum Gasteiger partial charge on any atom is 0.191 e. The van der Waals surface area contributed by atoms with Crippen molar-refractivity contribution in [2.24, 2.45) is 16.8 Å². The Kier molecular flexibility index (Phi) is 9.27. The standard InChI is InChI=1S/C24H41N5O/c1-4-21(5-2)23(28-13-15-30-16-14-28)18-27-24(25-3)26-17-20-11-12-29(19-20)22-9-7-6-8-10-22/h6-10,20-21,23H,4-5,11-19H2,1-3H3,(H2,25,26,27). The number of rotatable bonds is 9. The lowest BCUT2D eigenvalue weighted by molar-refractivity contribution is 0.00272. The van der Waals surface area contributed by atoms with Crippen molar-refractivity contribution in [3.05, 3.63) is 30.3 Å². The molecule has 6 nitrogen and oxygen atoms in total. The maximum absolute atomic E-state index is 5.58. The number of morpholine rings is 1. The highest BCUT2D eigenvalue weighted by Gasteiger charge is 2.27. The molecule has 30 heavy (non-hydrogen) atoms. The molecule has 2 unspecified atom stereocenters. The van der Waals surface area contributed by atoms with Gasteiger partial charge in [0.15, 0.2) is 5.96 Å². The monoisotopic (exact) mass is 415 g/mol. The number of para-hydroxylation sites is 1. The molecule has 0 saturated carbocycles. The van der Waals surface area contributed by atoms with E-state index in [0.717, 1.165) is 58.4 Å². The summed E-state index contributed by atoms with van der Waals surface area (Å²) in [6.07, 6.45) is 3.65. The zero-order valence-corrected chi connectivity index (χ0v) is 19.1. The van der Waals surface area contributed by atoms with E-state index in [0.29, 0.717) is 17.9 Å². The summed E-state index contributed by atoms with van der Waals surface area (Å²) in [6.45, 7) is 12.5. The van der Waals surface area contributed by atoms with E-state index in [1.165, 1.54) is 24.9 Å². The second-order valence-electron chi connectivity index (χ2n) is 8.56. The first-order valence-electron chi connectivity index (χ1n) is 11.8. The first-order valence-corrected chi connectivity index (χ1v) is 11.8. The van der Waals surface area contributed by atoms with Gasteiger partial charge in [-0.05, 0) is 30.4 Å². The van der Waals surface area contributed by atoms with Crippen LogP contribution in [0, 0.1) is 11.8 Å². The molecule has 1 aromatic rings. The van der Waals surface area contributed by atoms with Gasteiger partial charge in [0, 0.05) is 58.0 Å². The third kappa shape index (κ3) is 6.35. The molecule has 2 aliphatic heterocycles. The summed E-state index contributed by atoms with van der Waals surface area (Å²) in [7, 11) is 1.88. The predicted molar refractivity (Wildman–Crippen MR) is 126 cm³/mol. The highest BCUT2D eigenvalue weighted by Crippen LogP contribution is 2.23. The first-order chi connectivity index (χ1) is 14.7. The molecule has 0 amide bonds. The van der Waals surface area contributed by atoms with Crippen LogP contribution in [-0.2, 0) is 4.74 Å². The molecule has 2 N–H and O–H groups in total. The third-order valence-electron chi connectivity index (χ3n) is 6.78. The smallest absolute Gasteiger partial charge is 0.191 e. The van der Waals surface area contributed by atoms with E-state index in [-0.39, 0.29) is 0 Å². The van der Waals surface area contributed by atoms with Crippen LogP contribution >= 0.6 is 0 Å². The Hall–Kier alpha value is -1.79. The molecule has 0 radical (unpaired) electrons. The van der Waals surface area contributed by atoms with Gasteiger partial charge in [-0.25, -0.2) is 0 Å². The topological polar surface area (TPSA) is 52.1 Å². The summed E-state index contributed by atoms with van der Waals surface area (Å²) in [5.41, 5.74) is 1.33. The van der Waals surface area contributed by atoms with Crippen molar-refractivity contribution < 1.29 is 4.74 Å². The minimum atomic E-state index is 0.530. The molecule has 2 fully saturated rings. The van der Waals surface area contributed by atoms with Crippen molar-refractivity contribution in [3.63, 3.8) is 0 Å². The lowest BCUT2D eigenvalue weighted by atomic mass is 9.92. The number of anilines is 1. The summed E-state index contributed by atoms with van der Waals surface area (Å²) in [5, 5.41) is 7.21. The molecule has 2 atom stereocenters. The van der Waals surface area contributed by atoms with Crippen LogP contribution < -0.4 is 15.5 Å². The molecule has 3 rings (SSSR count). The molecule has 168 valence electrons. The maximum atomic E-state index is 5.58. The molecule has 2 aliphatic rings. The zero-order chi connectivity index (χ0) is 21.2. The van der Waals surface area contributed by atoms with Crippen molar-refractivity contribution in [2.45, 2.75) is 39.2 Å². The van der Waals surface area contributed by atoms with Crippen LogP contribution in [0.1, 0.15) is 33.1 Å². The van der Waals surface area contributed by atoms with Crippen LogP contribution in [-0.4, -0.2) is 76.4 Å². The van der Waals surface area contributed by atoms with Crippen LogP contribution in [0.4, 0.5) is 5.69 Å². The molecule has 6 heteroatoms. The van der Waals surface area contributed by atoms with E-state index >= 15 is 0 Å². The van der Waals surface area contributed by atoms with Gasteiger partial charge in [0.1, 0.15) is 0 Å². The number of guanidine groups is 1. The van der Waals surface area contributed by atoms with Crippen LogP contribution in [0.3, 0.4) is 0 Å². The van der Waals surface area contributed by atoms with E-state index < -0.39 is 0 Å². The Morgan fingerprint density at radius 3 is 2.50 bits per heavy atom. The molecular weight excluding hydrogens is 374 g/mol. The lowest BCUT2D eigenvalue weighted by Crippen LogP contribution is -2.53. The Morgan fingerprint density at radius 1 is 1.10 bits per heavy atom. The minimum Gasteiger partial charge on any atom is -0.379 e. The lowest BCUT2D eigenvalue weighted by Gasteiger charge is -2.39. The van der Waals surface area contributed by atoms with Gasteiger partial charge in [-0.3, -0.25) is 9.89 Å². The number of hydrogen-bond donors (Lipinski definition) is 2. The van der Waals surface area contributed by atoms with E-state index in [1.54, 1.807) is 0 Å². The number of nitrogens with one attached hydrogen (secondary N) is 2. The van der Waals surface area contributed by atoms with Crippen LogP contribution in [0.25, 0.3) is 0 Å². The molecule has 0 aromatic heterocycles. The van der Waals surface area contributed by atoms with Crippen LogP contribution in [0.2, 0.25) is 0 Å². The second kappa shape index (κ2) is 12.2. The number of nitrogens with zero attached hydrogens (tertiary/aromatic N) is 3. The number of hydrogen-bond acceptors (Lipinski definition) is 4. The predicted octanol–water partition coefficient (Wildman–Crippen LogP) is 2.81. The van der Waals surface area contributed by atoms with Gasteiger partial charge in [0.25, 0.3) is 0 Å². The highest BCUT2D eigenvalue weighted by molar-refractivity contribution is 5.79. The summed E-state index contributed by atoms with van der Waals surface area (Å²) in [6, 6.07) is 11.3. The van der Waals surface area contributed by atoms with E-state index in [9.17, 15) is 0 Å². The summed E-state index contributed by atoms with van der Waals surface area (Å²) in [4.78, 5) is 9.59. The average molecular weight is 416 g/mol. The first kappa shape index (κ1) is 22.9. The quantitative estimate of drug-likeness (QED) is 0.480. The number of aliphatic imine (C=N–C) groups is 1. The van der Waals surface area contributed by atoms with Gasteiger partial charge in [-0.1, -0.05) is 44.9 Å². The molecule has 1 aromatic carbocycles. The molecule has 0 aliphatic carbocycles. The SMILES string of the molecule is CCC(CC)C(CNC(=NC)NCC1CCN(c2ccccc2)C1)N1CCOCC1. The van der Waals surface area contributed by atoms with Crippen molar-refractivity contribution in [1.29, 1.82) is 0 Å². The Bertz CT molecular complexity index is 628. The van der Waals surface area contributed by atoms with Crippen LogP contribution in [0.5, 0.6) is 0 Å². The zero-order valence-electron chi connectivity index (χ0n) is 19.1. The van der Waals surface area contributed by atoms with E-state index in [4.69, 9.17) is 4.74 Å². The molecule has 2 heterocycles. The fourth-order valence-corrected chi connectivity index (χ4v) is 4.87. The molecular formula is C24H41N5O. The van der Waals surface area contributed by atoms with E-state index in [1.807, 2.05) is 7.05 Å². The van der Waals surface area contributed by atoms with Gasteiger partial charge in [0.05, 0.1) is 13.2 Å². The summed E-state index contributed by atoms with van der Waals surface area (Å²) >= 11 is 0. The van der Waals surface area contributed by atoms with E-state index in [2.05, 4.69) is 69.6 Å². The fourth-order valence-electron chi connectivity index (χ4n) is 4.87. The van der Waals surface area contributed by atoms with Crippen LogP contribution in [0.15, 0.2) is 35.3 Å². The molecule has 2 saturated heterocycles. The van der Waals surface area contributed by atoms with Gasteiger partial charge in [-0.15, -0.1) is 0 Å². The van der Waals surface area contributed by atoms with Gasteiger partial charge < -0.3 is 20.3 Å². The largest absolute Gasteiger partial charge is 0.379 e. The average Bonchev–Trinajstić information content (AvgIpc) is 3.29. The van der Waals surface area contributed by atoms with Gasteiger partial charge >= 0.3 is 0 Å². The molecule has 0 bridgehead atoms. The van der Waals surface area contributed by atoms with Crippen molar-refractivity contribution in [3.8, 4) is 0 Å². The number of benzene rings is 1. The number of ether oxygens (including phenoxy) is 1. The van der Waals surface area contributed by atoms with Crippen molar-refractivity contribution >= 4 is 11.6 Å². The third-order valence-corrected chi connectivity index (χ3v) is 6.78. The Morgan fingerprint density at radius 2 is 1.83 bits per heavy atom. The van der Waals surface area contributed by atoms with Crippen molar-refractivity contribution in [2.75, 3.05) is 64.4 Å². The molecule has 0 spiro atoms. The summed E-state index contributed by atoms with van der Waals surface area (Å²) in [5.74, 6) is 2.28. The Labute approximate surface area is 183 Å². The second-order valence-corrected chi connectivity index (χ2v) is 8.56. The van der Waals surface area contributed by atoms with Gasteiger partial charge in [-0.2, -0.15) is 0 Å². The normalized spacial score (nSPS) is 21.8. The van der Waals surface area contributed by atoms with Crippen molar-refractivity contribution in [1.82, 2.24) is 15.5 Å². The highest BCUT2D eigenvalue weighted by atomic mass is 16.5. The van der Waals surface area contributed by atoms with Gasteiger partial charge in [0.2, 0.25) is 0 Å². The summed E-state index contributed by atoms with van der Waals surface area (Å²) < 4.78 is 5.58. The fraction of sp³-hybridized carbons (Fsp3) is 0.708.